The van der Waals surface area contributed by atoms with E-state index in [1.54, 1.807) is 35.1 Å². The van der Waals surface area contributed by atoms with Crippen LogP contribution in [-0.4, -0.2) is 20.7 Å². The molecule has 6 heteroatoms. The van der Waals surface area contributed by atoms with Gasteiger partial charge in [-0.3, -0.25) is 0 Å². The summed E-state index contributed by atoms with van der Waals surface area (Å²) < 4.78 is 7.30. The second kappa shape index (κ2) is 7.95. The molecule has 6 nitrogen and oxygen atoms in total. The van der Waals surface area contributed by atoms with Crippen molar-refractivity contribution in [2.45, 2.75) is 20.1 Å². The van der Waals surface area contributed by atoms with Crippen LogP contribution in [0, 0.1) is 11.3 Å². The Morgan fingerprint density at radius 3 is 2.72 bits per heavy atom. The summed E-state index contributed by atoms with van der Waals surface area (Å²) in [6.45, 7) is 2.70. The largest absolute Gasteiger partial charge is 0.457 e. The summed E-state index contributed by atoms with van der Waals surface area (Å²) in [5.74, 6) is -0.451. The number of rotatable bonds is 5. The topological polar surface area (TPSA) is 80.8 Å². The van der Waals surface area contributed by atoms with E-state index >= 15 is 0 Å². The Morgan fingerprint density at radius 2 is 1.97 bits per heavy atom. The van der Waals surface area contributed by atoms with Gasteiger partial charge in [0.1, 0.15) is 6.61 Å². The van der Waals surface area contributed by atoms with Gasteiger partial charge in [0, 0.05) is 12.1 Å². The predicted molar refractivity (Wildman–Crippen MR) is 109 cm³/mol. The molecule has 2 heterocycles. The van der Waals surface area contributed by atoms with Crippen LogP contribution in [0.1, 0.15) is 28.4 Å². The molecule has 0 aliphatic rings. The highest BCUT2D eigenvalue weighted by atomic mass is 16.5. The molecular weight excluding hydrogens is 364 g/mol. The minimum atomic E-state index is -0.451. The number of benzene rings is 2. The third-order valence-electron chi connectivity index (χ3n) is 4.62. The van der Waals surface area contributed by atoms with Gasteiger partial charge in [0.05, 0.1) is 34.5 Å². The summed E-state index contributed by atoms with van der Waals surface area (Å²) in [7, 11) is 0. The van der Waals surface area contributed by atoms with Crippen LogP contribution in [0.5, 0.6) is 0 Å². The Kier molecular flexibility index (Phi) is 5.04. The van der Waals surface area contributed by atoms with Crippen molar-refractivity contribution >= 4 is 17.0 Å². The molecule has 0 unspecified atom stereocenters. The lowest BCUT2D eigenvalue weighted by Gasteiger charge is -2.09. The maximum atomic E-state index is 12.9. The molecule has 0 bridgehead atoms. The Hall–Kier alpha value is -3.98. The number of nitriles is 1. The van der Waals surface area contributed by atoms with E-state index in [0.29, 0.717) is 34.4 Å². The monoisotopic (exact) mass is 382 g/mol. The average Bonchev–Trinajstić information content (AvgIpc) is 3.20. The average molecular weight is 382 g/mol. The molecule has 2 aromatic carbocycles. The molecule has 142 valence electrons. The maximum absolute atomic E-state index is 12.9. The highest BCUT2D eigenvalue weighted by Gasteiger charge is 2.18. The first-order valence-corrected chi connectivity index (χ1v) is 9.27. The lowest BCUT2D eigenvalue weighted by atomic mass is 10.1. The van der Waals surface area contributed by atoms with E-state index in [1.165, 1.54) is 0 Å². The summed E-state index contributed by atoms with van der Waals surface area (Å²) in [6.07, 6.45) is 1.65. The Balaban J connectivity index is 1.70. The van der Waals surface area contributed by atoms with Crippen molar-refractivity contribution in [1.82, 2.24) is 14.8 Å². The van der Waals surface area contributed by atoms with Gasteiger partial charge in [-0.1, -0.05) is 42.5 Å². The van der Waals surface area contributed by atoms with Crippen molar-refractivity contribution in [2.75, 3.05) is 0 Å². The zero-order chi connectivity index (χ0) is 20.2. The smallest absolute Gasteiger partial charge is 0.339 e. The molecule has 0 aliphatic heterocycles. The molecule has 0 atom stereocenters. The number of ether oxygens (including phenoxy) is 1. The first-order valence-electron chi connectivity index (χ1n) is 9.27. The Labute approximate surface area is 168 Å². The number of aryl methyl sites for hydroxylation is 1. The lowest BCUT2D eigenvalue weighted by molar-refractivity contribution is 0.0475. The molecule has 0 amide bonds. The van der Waals surface area contributed by atoms with Gasteiger partial charge < -0.3 is 4.74 Å². The van der Waals surface area contributed by atoms with Gasteiger partial charge in [0.2, 0.25) is 0 Å². The highest BCUT2D eigenvalue weighted by Crippen LogP contribution is 2.25. The Morgan fingerprint density at radius 1 is 1.14 bits per heavy atom. The third-order valence-corrected chi connectivity index (χ3v) is 4.62. The van der Waals surface area contributed by atoms with Gasteiger partial charge in [-0.2, -0.15) is 10.4 Å². The van der Waals surface area contributed by atoms with E-state index in [9.17, 15) is 4.79 Å². The fraction of sp³-hybridized carbons (Fsp3) is 0.130. The summed E-state index contributed by atoms with van der Waals surface area (Å²) >= 11 is 0. The van der Waals surface area contributed by atoms with Crippen LogP contribution in [-0.2, 0) is 17.9 Å². The number of carbonyl (C=O) groups excluding carboxylic acids is 1. The van der Waals surface area contributed by atoms with Crippen molar-refractivity contribution in [2.24, 2.45) is 0 Å². The standard InChI is InChI=1S/C23H18N4O2/c1-2-27-22-20(14-25-27)19(12-21(26-22)18-9-4-3-5-10-18)23(28)29-15-17-8-6-7-16(11-17)13-24/h3-12,14H,2,15H2,1H3. The van der Waals surface area contributed by atoms with Crippen molar-refractivity contribution in [3.05, 3.63) is 83.6 Å². The first kappa shape index (κ1) is 18.4. The molecule has 29 heavy (non-hydrogen) atoms. The number of hydrogen-bond donors (Lipinski definition) is 0. The molecule has 0 aliphatic carbocycles. The SMILES string of the molecule is CCn1ncc2c(C(=O)OCc3cccc(C#N)c3)cc(-c3ccccc3)nc21. The van der Waals surface area contributed by atoms with Gasteiger partial charge in [-0.15, -0.1) is 0 Å². The fourth-order valence-electron chi connectivity index (χ4n) is 3.16. The summed E-state index contributed by atoms with van der Waals surface area (Å²) in [6, 6.07) is 20.5. The van der Waals surface area contributed by atoms with Gasteiger partial charge in [-0.05, 0) is 30.7 Å². The molecule has 0 N–H and O–H groups in total. The van der Waals surface area contributed by atoms with Crippen LogP contribution < -0.4 is 0 Å². The van der Waals surface area contributed by atoms with Crippen LogP contribution >= 0.6 is 0 Å². The van der Waals surface area contributed by atoms with Crippen LogP contribution in [0.15, 0.2) is 66.9 Å². The minimum absolute atomic E-state index is 0.0841. The third kappa shape index (κ3) is 3.71. The highest BCUT2D eigenvalue weighted by molar-refractivity contribution is 6.03. The molecule has 2 aromatic heterocycles. The predicted octanol–water partition coefficient (Wildman–Crippen LogP) is 4.35. The molecule has 0 radical (unpaired) electrons. The van der Waals surface area contributed by atoms with E-state index in [4.69, 9.17) is 15.0 Å². The molecule has 0 saturated heterocycles. The van der Waals surface area contributed by atoms with E-state index in [2.05, 4.69) is 11.2 Å². The lowest BCUT2D eigenvalue weighted by Crippen LogP contribution is -2.08. The normalized spacial score (nSPS) is 10.6. The van der Waals surface area contributed by atoms with Crippen molar-refractivity contribution < 1.29 is 9.53 Å². The number of carbonyl (C=O) groups is 1. The van der Waals surface area contributed by atoms with E-state index in [0.717, 1.165) is 11.1 Å². The number of aromatic nitrogens is 3. The van der Waals surface area contributed by atoms with Crippen molar-refractivity contribution in [3.63, 3.8) is 0 Å². The number of nitrogens with zero attached hydrogens (tertiary/aromatic N) is 4. The summed E-state index contributed by atoms with van der Waals surface area (Å²) in [4.78, 5) is 17.6. The van der Waals surface area contributed by atoms with Crippen LogP contribution in [0.3, 0.4) is 0 Å². The van der Waals surface area contributed by atoms with Crippen molar-refractivity contribution in [3.8, 4) is 17.3 Å². The van der Waals surface area contributed by atoms with Gasteiger partial charge in [-0.25, -0.2) is 14.5 Å². The first-order chi connectivity index (χ1) is 14.2. The van der Waals surface area contributed by atoms with E-state index in [1.807, 2.05) is 43.3 Å². The fourth-order valence-corrected chi connectivity index (χ4v) is 3.16. The molecule has 0 saturated carbocycles. The summed E-state index contributed by atoms with van der Waals surface area (Å²) in [5, 5.41) is 14.0. The van der Waals surface area contributed by atoms with Crippen LogP contribution in [0.4, 0.5) is 0 Å². The van der Waals surface area contributed by atoms with Crippen LogP contribution in [0.25, 0.3) is 22.3 Å². The molecule has 4 rings (SSSR count). The van der Waals surface area contributed by atoms with Crippen LogP contribution in [0.2, 0.25) is 0 Å². The zero-order valence-corrected chi connectivity index (χ0v) is 15.9. The summed E-state index contributed by atoms with van der Waals surface area (Å²) in [5.41, 5.74) is 3.95. The second-order valence-electron chi connectivity index (χ2n) is 6.51. The molecule has 0 spiro atoms. The van der Waals surface area contributed by atoms with Gasteiger partial charge in [0.15, 0.2) is 5.65 Å². The van der Waals surface area contributed by atoms with Gasteiger partial charge in [0.25, 0.3) is 0 Å². The number of fused-ring (bicyclic) bond motifs is 1. The quantitative estimate of drug-likeness (QED) is 0.480. The van der Waals surface area contributed by atoms with E-state index < -0.39 is 5.97 Å². The molecular formula is C23H18N4O2. The molecule has 4 aromatic rings. The Bertz CT molecular complexity index is 1220. The van der Waals surface area contributed by atoms with E-state index in [-0.39, 0.29) is 6.61 Å². The van der Waals surface area contributed by atoms with Crippen molar-refractivity contribution in [1.29, 1.82) is 5.26 Å². The van der Waals surface area contributed by atoms with Gasteiger partial charge >= 0.3 is 5.97 Å². The number of hydrogen-bond acceptors (Lipinski definition) is 5. The number of esters is 1. The zero-order valence-electron chi connectivity index (χ0n) is 15.9. The minimum Gasteiger partial charge on any atom is -0.457 e. The number of pyridine rings is 1. The molecule has 0 fully saturated rings. The second-order valence-corrected chi connectivity index (χ2v) is 6.51. The maximum Gasteiger partial charge on any atom is 0.339 e.